The maximum atomic E-state index is 5.91. The topological polar surface area (TPSA) is 62.0 Å². The largest absolute Gasteiger partial charge is 0.489 e. The van der Waals surface area contributed by atoms with Crippen LogP contribution < -0.4 is 15.4 Å². The molecule has 3 rings (SSSR count). The van der Waals surface area contributed by atoms with Crippen LogP contribution in [-0.2, 0) is 0 Å². The lowest BCUT2D eigenvalue weighted by atomic mass is 10.2. The molecule has 0 amide bonds. The number of rotatable bonds is 8. The van der Waals surface area contributed by atoms with Gasteiger partial charge in [-0.1, -0.05) is 18.2 Å². The van der Waals surface area contributed by atoms with Gasteiger partial charge < -0.3 is 19.8 Å². The molecule has 6 nitrogen and oxygen atoms in total. The van der Waals surface area contributed by atoms with Crippen LogP contribution in [0.15, 0.2) is 58.1 Å². The summed E-state index contributed by atoms with van der Waals surface area (Å²) in [5, 5.41) is 6.78. The van der Waals surface area contributed by atoms with Crippen molar-refractivity contribution < 1.29 is 9.15 Å². The molecule has 2 heterocycles. The minimum Gasteiger partial charge on any atom is -0.489 e. The van der Waals surface area contributed by atoms with E-state index in [1.54, 1.807) is 13.3 Å². The van der Waals surface area contributed by atoms with E-state index in [9.17, 15) is 0 Å². The van der Waals surface area contributed by atoms with Crippen LogP contribution in [0.3, 0.4) is 0 Å². The molecule has 1 aromatic heterocycles. The second-order valence-electron chi connectivity index (χ2n) is 6.85. The van der Waals surface area contributed by atoms with E-state index >= 15 is 0 Å². The Hall–Kier alpha value is -1.74. The number of hydrogen-bond acceptors (Lipinski definition) is 4. The number of nitrogens with zero attached hydrogens (tertiary/aromatic N) is 2. The van der Waals surface area contributed by atoms with E-state index in [1.807, 2.05) is 43.3 Å². The number of guanidine groups is 1. The zero-order valence-corrected chi connectivity index (χ0v) is 19.0. The van der Waals surface area contributed by atoms with Gasteiger partial charge in [0.2, 0.25) is 0 Å². The van der Waals surface area contributed by atoms with Crippen LogP contribution in [-0.4, -0.2) is 50.2 Å². The maximum Gasteiger partial charge on any atom is 0.191 e. The average molecular weight is 498 g/mol. The van der Waals surface area contributed by atoms with Crippen LogP contribution in [0.25, 0.3) is 0 Å². The monoisotopic (exact) mass is 498 g/mol. The molecule has 1 fully saturated rings. The molecule has 1 aliphatic heterocycles. The van der Waals surface area contributed by atoms with Crippen LogP contribution in [0.1, 0.15) is 31.6 Å². The number of benzene rings is 1. The third kappa shape index (κ3) is 6.70. The molecule has 0 bridgehead atoms. The van der Waals surface area contributed by atoms with Crippen molar-refractivity contribution in [2.45, 2.75) is 31.9 Å². The summed E-state index contributed by atoms with van der Waals surface area (Å²) in [6.07, 6.45) is 4.27. The molecule has 0 radical (unpaired) electrons. The lowest BCUT2D eigenvalue weighted by Gasteiger charge is -2.27. The third-order valence-electron chi connectivity index (χ3n) is 4.78. The van der Waals surface area contributed by atoms with Gasteiger partial charge in [-0.25, -0.2) is 0 Å². The summed E-state index contributed by atoms with van der Waals surface area (Å²) in [5.41, 5.74) is 0. The number of ether oxygens (including phenoxy) is 1. The number of likely N-dealkylation sites (tertiary alicyclic amines) is 1. The van der Waals surface area contributed by atoms with E-state index in [0.717, 1.165) is 37.1 Å². The zero-order chi connectivity index (χ0) is 18.9. The summed E-state index contributed by atoms with van der Waals surface area (Å²) in [6, 6.07) is 14.1. The fourth-order valence-electron chi connectivity index (χ4n) is 3.37. The highest BCUT2D eigenvalue weighted by atomic mass is 127. The standard InChI is InChI=1S/C21H30N4O2.HI/c1-17(27-18-9-4-3-5-10-18)15-23-21(22-2)24-16-19(20-11-8-14-26-20)25-12-6-7-13-25;/h3-5,8-11,14,17,19H,6-7,12-13,15-16H2,1-2H3,(H2,22,23,24);1H. The molecule has 1 aliphatic rings. The van der Waals surface area contributed by atoms with Gasteiger partial charge in [0.25, 0.3) is 0 Å². The fraction of sp³-hybridized carbons (Fsp3) is 0.476. The van der Waals surface area contributed by atoms with Crippen molar-refractivity contribution in [2.24, 2.45) is 4.99 Å². The first-order valence-electron chi connectivity index (χ1n) is 9.70. The Morgan fingerprint density at radius 3 is 2.46 bits per heavy atom. The molecule has 0 aliphatic carbocycles. The summed E-state index contributed by atoms with van der Waals surface area (Å²) in [7, 11) is 1.79. The second kappa shape index (κ2) is 12.0. The highest BCUT2D eigenvalue weighted by Crippen LogP contribution is 2.24. The Kier molecular flexibility index (Phi) is 9.63. The minimum atomic E-state index is 0. The Labute approximate surface area is 184 Å². The molecule has 0 saturated carbocycles. The summed E-state index contributed by atoms with van der Waals surface area (Å²) in [4.78, 5) is 6.81. The quantitative estimate of drug-likeness (QED) is 0.331. The Balaban J connectivity index is 0.00000280. The van der Waals surface area contributed by atoms with Crippen molar-refractivity contribution in [3.8, 4) is 5.75 Å². The van der Waals surface area contributed by atoms with E-state index in [2.05, 4.69) is 26.6 Å². The smallest absolute Gasteiger partial charge is 0.191 e. The number of halogens is 1. The van der Waals surface area contributed by atoms with Crippen molar-refractivity contribution >= 4 is 29.9 Å². The normalized spacial score (nSPS) is 16.9. The predicted octanol–water partition coefficient (Wildman–Crippen LogP) is 3.67. The Morgan fingerprint density at radius 2 is 1.82 bits per heavy atom. The molecule has 7 heteroatoms. The number of nitrogens with one attached hydrogen (secondary N) is 2. The summed E-state index contributed by atoms with van der Waals surface area (Å²) >= 11 is 0. The molecule has 2 aromatic rings. The third-order valence-corrected chi connectivity index (χ3v) is 4.78. The van der Waals surface area contributed by atoms with Gasteiger partial charge >= 0.3 is 0 Å². The molecule has 28 heavy (non-hydrogen) atoms. The summed E-state index contributed by atoms with van der Waals surface area (Å²) in [5.74, 6) is 2.65. The van der Waals surface area contributed by atoms with E-state index in [0.29, 0.717) is 6.54 Å². The second-order valence-corrected chi connectivity index (χ2v) is 6.85. The lowest BCUT2D eigenvalue weighted by molar-refractivity contribution is 0.213. The summed E-state index contributed by atoms with van der Waals surface area (Å²) < 4.78 is 11.6. The van der Waals surface area contributed by atoms with Crippen molar-refractivity contribution in [3.05, 3.63) is 54.5 Å². The Morgan fingerprint density at radius 1 is 1.11 bits per heavy atom. The van der Waals surface area contributed by atoms with Crippen LogP contribution in [0.2, 0.25) is 0 Å². The van der Waals surface area contributed by atoms with Gasteiger partial charge in [0.1, 0.15) is 17.6 Å². The first-order chi connectivity index (χ1) is 13.3. The van der Waals surface area contributed by atoms with Gasteiger partial charge in [0, 0.05) is 13.6 Å². The molecule has 0 spiro atoms. The molecule has 1 aromatic carbocycles. The lowest BCUT2D eigenvalue weighted by Crippen LogP contribution is -2.45. The SMILES string of the molecule is CN=C(NCC(C)Oc1ccccc1)NCC(c1ccco1)N1CCCC1.I. The zero-order valence-electron chi connectivity index (χ0n) is 16.6. The molecular formula is C21H31IN4O2. The predicted molar refractivity (Wildman–Crippen MR) is 124 cm³/mol. The van der Waals surface area contributed by atoms with Crippen molar-refractivity contribution in [1.82, 2.24) is 15.5 Å². The van der Waals surface area contributed by atoms with E-state index in [1.165, 1.54) is 12.8 Å². The van der Waals surface area contributed by atoms with Crippen LogP contribution in [0.4, 0.5) is 0 Å². The average Bonchev–Trinajstić information content (AvgIpc) is 3.40. The van der Waals surface area contributed by atoms with Crippen molar-refractivity contribution in [3.63, 3.8) is 0 Å². The van der Waals surface area contributed by atoms with Gasteiger partial charge in [-0.2, -0.15) is 0 Å². The molecule has 2 atom stereocenters. The van der Waals surface area contributed by atoms with Gasteiger partial charge in [0.15, 0.2) is 5.96 Å². The van der Waals surface area contributed by atoms with Crippen LogP contribution >= 0.6 is 24.0 Å². The first kappa shape index (κ1) is 22.5. The Bertz CT molecular complexity index is 688. The fourth-order valence-corrected chi connectivity index (χ4v) is 3.37. The van der Waals surface area contributed by atoms with E-state index < -0.39 is 0 Å². The van der Waals surface area contributed by atoms with Crippen molar-refractivity contribution in [2.75, 3.05) is 33.2 Å². The number of para-hydroxylation sites is 1. The van der Waals surface area contributed by atoms with Gasteiger partial charge in [-0.15, -0.1) is 24.0 Å². The number of furan rings is 1. The van der Waals surface area contributed by atoms with E-state index in [4.69, 9.17) is 9.15 Å². The molecular weight excluding hydrogens is 467 g/mol. The van der Waals surface area contributed by atoms with Crippen LogP contribution in [0.5, 0.6) is 5.75 Å². The van der Waals surface area contributed by atoms with Crippen molar-refractivity contribution in [1.29, 1.82) is 0 Å². The highest BCUT2D eigenvalue weighted by molar-refractivity contribution is 14.0. The minimum absolute atomic E-state index is 0. The molecule has 2 N–H and O–H groups in total. The van der Waals surface area contributed by atoms with Crippen LogP contribution in [0, 0.1) is 0 Å². The maximum absolute atomic E-state index is 5.91. The van der Waals surface area contributed by atoms with E-state index in [-0.39, 0.29) is 36.1 Å². The van der Waals surface area contributed by atoms with Gasteiger partial charge in [-0.3, -0.25) is 9.89 Å². The molecule has 1 saturated heterocycles. The highest BCUT2D eigenvalue weighted by Gasteiger charge is 2.25. The number of hydrogen-bond donors (Lipinski definition) is 2. The first-order valence-corrected chi connectivity index (χ1v) is 9.70. The molecule has 2 unspecified atom stereocenters. The molecule has 154 valence electrons. The summed E-state index contributed by atoms with van der Waals surface area (Å²) in [6.45, 7) is 5.69. The van der Waals surface area contributed by atoms with Gasteiger partial charge in [0.05, 0.1) is 18.8 Å². The number of aliphatic imine (C=N–C) groups is 1. The van der Waals surface area contributed by atoms with Gasteiger partial charge in [-0.05, 0) is 57.1 Å².